The van der Waals surface area contributed by atoms with E-state index in [4.69, 9.17) is 5.73 Å². The fraction of sp³-hybridized carbons (Fsp3) is 0.316. The van der Waals surface area contributed by atoms with Gasteiger partial charge < -0.3 is 16.0 Å². The highest BCUT2D eigenvalue weighted by Gasteiger charge is 2.20. The molecule has 1 amide bonds. The summed E-state index contributed by atoms with van der Waals surface area (Å²) in [5, 5.41) is 3.04. The van der Waals surface area contributed by atoms with Gasteiger partial charge in [0, 0.05) is 23.6 Å². The van der Waals surface area contributed by atoms with Gasteiger partial charge in [0.25, 0.3) is 0 Å². The van der Waals surface area contributed by atoms with Gasteiger partial charge >= 0.3 is 0 Å². The van der Waals surface area contributed by atoms with Crippen LogP contribution < -0.4 is 16.0 Å². The van der Waals surface area contributed by atoms with Crippen molar-refractivity contribution in [3.8, 4) is 0 Å². The first-order valence-corrected chi connectivity index (χ1v) is 8.19. The molecule has 0 saturated heterocycles. The largest absolute Gasteiger partial charge is 0.398 e. The van der Waals surface area contributed by atoms with E-state index in [0.717, 1.165) is 48.4 Å². The molecular weight excluding hydrogens is 322 g/mol. The number of halogens is 1. The van der Waals surface area contributed by atoms with Crippen LogP contribution in [0, 0.1) is 0 Å². The third-order valence-corrected chi connectivity index (χ3v) is 4.39. The smallest absolute Gasteiger partial charge is 0.243 e. The predicted octanol–water partition coefficient (Wildman–Crippen LogP) is 3.64. The Bertz CT molecular complexity index is 718. The van der Waals surface area contributed by atoms with Crippen molar-refractivity contribution in [3.63, 3.8) is 0 Å². The highest BCUT2D eigenvalue weighted by molar-refractivity contribution is 5.95. The van der Waals surface area contributed by atoms with Crippen LogP contribution in [0.15, 0.2) is 42.5 Å². The molecule has 4 nitrogen and oxygen atoms in total. The van der Waals surface area contributed by atoms with E-state index in [2.05, 4.69) is 23.2 Å². The van der Waals surface area contributed by atoms with Crippen molar-refractivity contribution in [2.75, 3.05) is 29.0 Å². The Morgan fingerprint density at radius 1 is 1.21 bits per heavy atom. The van der Waals surface area contributed by atoms with Crippen LogP contribution in [0.5, 0.6) is 0 Å². The first kappa shape index (κ1) is 18.1. The number of carbonyl (C=O) groups excluding carboxylic acids is 1. The molecule has 0 aliphatic carbocycles. The van der Waals surface area contributed by atoms with Crippen molar-refractivity contribution >= 4 is 35.4 Å². The van der Waals surface area contributed by atoms with E-state index in [9.17, 15) is 4.79 Å². The van der Waals surface area contributed by atoms with E-state index in [-0.39, 0.29) is 18.3 Å². The number of nitrogens with one attached hydrogen (secondary N) is 1. The zero-order valence-corrected chi connectivity index (χ0v) is 14.7. The molecule has 2 aromatic rings. The van der Waals surface area contributed by atoms with Crippen LogP contribution >= 0.6 is 12.4 Å². The highest BCUT2D eigenvalue weighted by atomic mass is 35.5. The van der Waals surface area contributed by atoms with Gasteiger partial charge in [0.2, 0.25) is 5.91 Å². The summed E-state index contributed by atoms with van der Waals surface area (Å²) in [7, 11) is 0. The summed E-state index contributed by atoms with van der Waals surface area (Å²) >= 11 is 0. The molecule has 5 heteroatoms. The number of carbonyl (C=O) groups is 1. The summed E-state index contributed by atoms with van der Waals surface area (Å²) < 4.78 is 0. The lowest BCUT2D eigenvalue weighted by Crippen LogP contribution is -2.37. The minimum Gasteiger partial charge on any atom is -0.398 e. The second kappa shape index (κ2) is 8.06. The molecule has 0 spiro atoms. The monoisotopic (exact) mass is 345 g/mol. The number of para-hydroxylation sites is 1. The van der Waals surface area contributed by atoms with Gasteiger partial charge in [0.05, 0.1) is 6.54 Å². The average molecular weight is 346 g/mol. The van der Waals surface area contributed by atoms with Gasteiger partial charge in [-0.25, -0.2) is 0 Å². The van der Waals surface area contributed by atoms with Gasteiger partial charge in [-0.1, -0.05) is 31.2 Å². The summed E-state index contributed by atoms with van der Waals surface area (Å²) in [5.74, 6) is 0.0150. The van der Waals surface area contributed by atoms with Gasteiger partial charge in [0.15, 0.2) is 0 Å². The number of nitrogens with zero attached hydrogens (tertiary/aromatic N) is 1. The SMILES string of the molecule is CCc1ccccc1NC(=O)CN1CCCc2c(N)cccc21.Cl. The summed E-state index contributed by atoms with van der Waals surface area (Å²) in [4.78, 5) is 14.6. The first-order chi connectivity index (χ1) is 11.2. The second-order valence-electron chi connectivity index (χ2n) is 5.93. The Labute approximate surface area is 149 Å². The number of benzene rings is 2. The van der Waals surface area contributed by atoms with E-state index in [1.807, 2.05) is 36.4 Å². The van der Waals surface area contributed by atoms with E-state index in [0.29, 0.717) is 6.54 Å². The van der Waals surface area contributed by atoms with E-state index >= 15 is 0 Å². The molecule has 128 valence electrons. The summed E-state index contributed by atoms with van der Waals surface area (Å²) in [6, 6.07) is 13.9. The number of aryl methyl sites for hydroxylation is 1. The number of hydrogen-bond donors (Lipinski definition) is 2. The minimum atomic E-state index is 0. The molecule has 0 bridgehead atoms. The third-order valence-electron chi connectivity index (χ3n) is 4.39. The lowest BCUT2D eigenvalue weighted by molar-refractivity contribution is -0.115. The zero-order valence-electron chi connectivity index (χ0n) is 13.9. The quantitative estimate of drug-likeness (QED) is 0.832. The van der Waals surface area contributed by atoms with Gasteiger partial charge in [-0.15, -0.1) is 12.4 Å². The predicted molar refractivity (Wildman–Crippen MR) is 103 cm³/mol. The maximum Gasteiger partial charge on any atom is 0.243 e. The van der Waals surface area contributed by atoms with Crippen LogP contribution in [-0.4, -0.2) is 19.0 Å². The standard InChI is InChI=1S/C19H23N3O.ClH/c1-2-14-7-3-4-10-17(14)21-19(23)13-22-12-6-8-15-16(20)9-5-11-18(15)22;/h3-5,7,9-11H,2,6,8,12-13,20H2,1H3,(H,21,23);1H. The van der Waals surface area contributed by atoms with Crippen LogP contribution in [0.4, 0.5) is 17.1 Å². The van der Waals surface area contributed by atoms with Gasteiger partial charge in [-0.2, -0.15) is 0 Å². The molecule has 3 N–H and O–H groups in total. The van der Waals surface area contributed by atoms with Crippen molar-refractivity contribution in [1.82, 2.24) is 0 Å². The Hall–Kier alpha value is -2.20. The lowest BCUT2D eigenvalue weighted by atomic mass is 10.00. The molecule has 1 heterocycles. The zero-order chi connectivity index (χ0) is 16.2. The number of rotatable bonds is 4. The van der Waals surface area contributed by atoms with Crippen molar-refractivity contribution in [3.05, 3.63) is 53.6 Å². The number of nitrogen functional groups attached to an aromatic ring is 1. The Balaban J connectivity index is 0.00000208. The van der Waals surface area contributed by atoms with Crippen LogP contribution in [0.1, 0.15) is 24.5 Å². The molecule has 1 aliphatic rings. The summed E-state index contributed by atoms with van der Waals surface area (Å²) in [6.07, 6.45) is 2.92. The molecule has 0 fully saturated rings. The summed E-state index contributed by atoms with van der Waals surface area (Å²) in [5.41, 5.74) is 11.2. The molecule has 0 radical (unpaired) electrons. The fourth-order valence-corrected chi connectivity index (χ4v) is 3.21. The second-order valence-corrected chi connectivity index (χ2v) is 5.93. The number of hydrogen-bond acceptors (Lipinski definition) is 3. The first-order valence-electron chi connectivity index (χ1n) is 8.19. The minimum absolute atomic E-state index is 0. The number of fused-ring (bicyclic) bond motifs is 1. The van der Waals surface area contributed by atoms with E-state index in [1.165, 1.54) is 5.56 Å². The Morgan fingerprint density at radius 3 is 2.79 bits per heavy atom. The maximum absolute atomic E-state index is 12.5. The topological polar surface area (TPSA) is 58.4 Å². The van der Waals surface area contributed by atoms with Crippen LogP contribution in [0.3, 0.4) is 0 Å². The molecule has 0 aromatic heterocycles. The molecule has 3 rings (SSSR count). The van der Waals surface area contributed by atoms with Crippen LogP contribution in [0.2, 0.25) is 0 Å². The normalized spacial score (nSPS) is 13.0. The highest BCUT2D eigenvalue weighted by Crippen LogP contribution is 2.31. The van der Waals surface area contributed by atoms with Gasteiger partial charge in [-0.3, -0.25) is 4.79 Å². The molecule has 0 unspecified atom stereocenters. The van der Waals surface area contributed by atoms with E-state index < -0.39 is 0 Å². The molecule has 2 aromatic carbocycles. The molecule has 0 atom stereocenters. The van der Waals surface area contributed by atoms with Crippen molar-refractivity contribution in [2.24, 2.45) is 0 Å². The number of anilines is 3. The Kier molecular flexibility index (Phi) is 6.10. The van der Waals surface area contributed by atoms with Gasteiger partial charge in [-0.05, 0) is 48.6 Å². The Morgan fingerprint density at radius 2 is 2.00 bits per heavy atom. The number of amides is 1. The van der Waals surface area contributed by atoms with Crippen LogP contribution in [-0.2, 0) is 17.6 Å². The fourth-order valence-electron chi connectivity index (χ4n) is 3.21. The third kappa shape index (κ3) is 3.82. The van der Waals surface area contributed by atoms with Gasteiger partial charge in [0.1, 0.15) is 0 Å². The van der Waals surface area contributed by atoms with Crippen molar-refractivity contribution < 1.29 is 4.79 Å². The van der Waals surface area contributed by atoms with Crippen LogP contribution in [0.25, 0.3) is 0 Å². The van der Waals surface area contributed by atoms with Crippen molar-refractivity contribution in [1.29, 1.82) is 0 Å². The average Bonchev–Trinajstić information content (AvgIpc) is 2.56. The summed E-state index contributed by atoms with van der Waals surface area (Å²) in [6.45, 7) is 3.34. The number of nitrogens with two attached hydrogens (primary N) is 1. The lowest BCUT2D eigenvalue weighted by Gasteiger charge is -2.31. The molecular formula is C19H24ClN3O. The molecule has 0 saturated carbocycles. The molecule has 1 aliphatic heterocycles. The van der Waals surface area contributed by atoms with E-state index in [1.54, 1.807) is 0 Å². The van der Waals surface area contributed by atoms with Crippen molar-refractivity contribution in [2.45, 2.75) is 26.2 Å². The molecule has 24 heavy (non-hydrogen) atoms. The maximum atomic E-state index is 12.5.